The molecule has 5 rings (SSSR count). The molecule has 0 saturated carbocycles. The number of rotatable bonds is 6. The van der Waals surface area contributed by atoms with Crippen LogP contribution in [0.3, 0.4) is 0 Å². The number of aromatic nitrogens is 1. The van der Waals surface area contributed by atoms with Crippen LogP contribution in [0.1, 0.15) is 36.8 Å². The summed E-state index contributed by atoms with van der Waals surface area (Å²) in [5, 5.41) is 9.42. The predicted molar refractivity (Wildman–Crippen MR) is 142 cm³/mol. The Morgan fingerprint density at radius 3 is 2.66 bits per heavy atom. The summed E-state index contributed by atoms with van der Waals surface area (Å²) in [6, 6.07) is 19.3. The summed E-state index contributed by atoms with van der Waals surface area (Å²) in [6.45, 7) is 3.68. The highest BCUT2D eigenvalue weighted by molar-refractivity contribution is 7.07. The molecule has 1 aliphatic rings. The monoisotopic (exact) mass is 525 g/mol. The lowest BCUT2D eigenvalue weighted by Crippen LogP contribution is -2.39. The molecule has 0 fully saturated rings. The van der Waals surface area contributed by atoms with Crippen molar-refractivity contribution in [3.63, 3.8) is 0 Å². The van der Waals surface area contributed by atoms with E-state index in [1.165, 1.54) is 15.9 Å². The van der Waals surface area contributed by atoms with Crippen molar-refractivity contribution >= 4 is 23.4 Å². The first kappa shape index (κ1) is 25.0. The zero-order valence-corrected chi connectivity index (χ0v) is 21.7. The fourth-order valence-electron chi connectivity index (χ4n) is 4.39. The molecule has 38 heavy (non-hydrogen) atoms. The van der Waals surface area contributed by atoms with Crippen molar-refractivity contribution in [2.75, 3.05) is 13.7 Å². The maximum atomic E-state index is 13.7. The molecule has 1 aliphatic heterocycles. The van der Waals surface area contributed by atoms with Crippen LogP contribution in [-0.2, 0) is 9.53 Å². The first-order valence-corrected chi connectivity index (χ1v) is 12.7. The molecular weight excluding hydrogens is 502 g/mol. The standard InChI is InChI=1S/C29H23N3O5S/c1-4-36-28(34)25-17(2)31-29-32(26(25)18-9-11-20(35-3)12-10-18)27(33)24(38-29)15-21-13-14-23(37-21)22-8-6-5-7-19(22)16-30/h5-15,26H,4H2,1-3H3. The largest absolute Gasteiger partial charge is 0.497 e. The molecule has 2 aromatic heterocycles. The van der Waals surface area contributed by atoms with Crippen LogP contribution in [0.15, 0.2) is 86.1 Å². The number of hydrogen-bond donors (Lipinski definition) is 0. The van der Waals surface area contributed by atoms with Crippen molar-refractivity contribution in [2.45, 2.75) is 19.9 Å². The summed E-state index contributed by atoms with van der Waals surface area (Å²) in [5.41, 5.74) is 2.39. The summed E-state index contributed by atoms with van der Waals surface area (Å²) in [4.78, 5) is 31.8. The lowest BCUT2D eigenvalue weighted by Gasteiger charge is -2.24. The molecule has 4 aromatic rings. The van der Waals surface area contributed by atoms with E-state index in [4.69, 9.17) is 13.9 Å². The third-order valence-corrected chi connectivity index (χ3v) is 7.14. The maximum absolute atomic E-state index is 13.7. The molecule has 0 saturated heterocycles. The molecule has 9 heteroatoms. The van der Waals surface area contributed by atoms with Gasteiger partial charge in [-0.1, -0.05) is 35.6 Å². The predicted octanol–water partition coefficient (Wildman–Crippen LogP) is 3.94. The molecule has 0 bridgehead atoms. The average molecular weight is 526 g/mol. The van der Waals surface area contributed by atoms with Gasteiger partial charge in [-0.3, -0.25) is 9.36 Å². The first-order valence-electron chi connectivity index (χ1n) is 11.9. The number of esters is 1. The van der Waals surface area contributed by atoms with Crippen LogP contribution >= 0.6 is 11.3 Å². The number of carbonyl (C=O) groups excluding carboxylic acids is 1. The Bertz CT molecular complexity index is 1780. The van der Waals surface area contributed by atoms with Crippen molar-refractivity contribution in [2.24, 2.45) is 4.99 Å². The van der Waals surface area contributed by atoms with Crippen LogP contribution in [0.25, 0.3) is 17.4 Å². The Labute approximate surface area is 222 Å². The van der Waals surface area contributed by atoms with E-state index in [-0.39, 0.29) is 12.2 Å². The van der Waals surface area contributed by atoms with Gasteiger partial charge < -0.3 is 13.9 Å². The smallest absolute Gasteiger partial charge is 0.338 e. The van der Waals surface area contributed by atoms with Gasteiger partial charge in [-0.2, -0.15) is 5.26 Å². The van der Waals surface area contributed by atoms with Crippen LogP contribution in [0.5, 0.6) is 5.75 Å². The van der Waals surface area contributed by atoms with Gasteiger partial charge in [0.2, 0.25) is 0 Å². The van der Waals surface area contributed by atoms with Crippen molar-refractivity contribution in [1.82, 2.24) is 4.57 Å². The third kappa shape index (κ3) is 4.46. The molecule has 190 valence electrons. The second kappa shape index (κ2) is 10.4. The van der Waals surface area contributed by atoms with Gasteiger partial charge in [0, 0.05) is 11.6 Å². The van der Waals surface area contributed by atoms with E-state index in [1.54, 1.807) is 63.4 Å². The van der Waals surface area contributed by atoms with Crippen LogP contribution in [0.4, 0.5) is 0 Å². The Hall–Kier alpha value is -4.68. The van der Waals surface area contributed by atoms with E-state index in [0.29, 0.717) is 49.0 Å². The summed E-state index contributed by atoms with van der Waals surface area (Å²) in [5.74, 6) is 1.12. The number of nitriles is 1. The zero-order chi connectivity index (χ0) is 26.8. The lowest BCUT2D eigenvalue weighted by molar-refractivity contribution is -0.139. The summed E-state index contributed by atoms with van der Waals surface area (Å²) >= 11 is 1.21. The lowest BCUT2D eigenvalue weighted by atomic mass is 9.96. The normalized spacial score (nSPS) is 15.0. The van der Waals surface area contributed by atoms with E-state index in [1.807, 2.05) is 24.3 Å². The minimum Gasteiger partial charge on any atom is -0.497 e. The Morgan fingerprint density at radius 2 is 1.95 bits per heavy atom. The average Bonchev–Trinajstić information content (AvgIpc) is 3.52. The molecule has 3 heterocycles. The fraction of sp³-hybridized carbons (Fsp3) is 0.172. The number of ether oxygens (including phenoxy) is 2. The Balaban J connectivity index is 1.64. The number of thiazole rings is 1. The van der Waals surface area contributed by atoms with Crippen molar-refractivity contribution < 1.29 is 18.7 Å². The van der Waals surface area contributed by atoms with E-state index in [9.17, 15) is 14.9 Å². The molecule has 0 radical (unpaired) electrons. The molecule has 1 unspecified atom stereocenters. The quantitative estimate of drug-likeness (QED) is 0.353. The van der Waals surface area contributed by atoms with E-state index in [2.05, 4.69) is 11.1 Å². The molecule has 2 aromatic carbocycles. The van der Waals surface area contributed by atoms with Gasteiger partial charge in [0.25, 0.3) is 5.56 Å². The Morgan fingerprint density at radius 1 is 1.18 bits per heavy atom. The van der Waals surface area contributed by atoms with E-state index >= 15 is 0 Å². The molecule has 1 atom stereocenters. The molecule has 0 spiro atoms. The zero-order valence-electron chi connectivity index (χ0n) is 20.9. The van der Waals surface area contributed by atoms with Gasteiger partial charge in [-0.15, -0.1) is 0 Å². The number of nitrogens with zero attached hydrogens (tertiary/aromatic N) is 3. The number of hydrogen-bond acceptors (Lipinski definition) is 8. The number of allylic oxidation sites excluding steroid dienone is 1. The van der Waals surface area contributed by atoms with Crippen molar-refractivity contribution in [3.8, 4) is 23.1 Å². The number of furan rings is 1. The van der Waals surface area contributed by atoms with E-state index < -0.39 is 12.0 Å². The van der Waals surface area contributed by atoms with Gasteiger partial charge in [-0.25, -0.2) is 9.79 Å². The van der Waals surface area contributed by atoms with Gasteiger partial charge in [0.05, 0.1) is 47.2 Å². The molecule has 0 amide bonds. The molecular formula is C29H23N3O5S. The SMILES string of the molecule is CCOC(=O)C1=C(C)N=c2sc(=Cc3ccc(-c4ccccc4C#N)o3)c(=O)n2C1c1ccc(OC)cc1. The van der Waals surface area contributed by atoms with Crippen LogP contribution < -0.4 is 19.6 Å². The summed E-state index contributed by atoms with van der Waals surface area (Å²) < 4.78 is 18.5. The van der Waals surface area contributed by atoms with Crippen LogP contribution in [-0.4, -0.2) is 24.3 Å². The minimum atomic E-state index is -0.715. The highest BCUT2D eigenvalue weighted by Gasteiger charge is 2.33. The first-order chi connectivity index (χ1) is 18.4. The number of carbonyl (C=O) groups is 1. The second-order valence-corrected chi connectivity index (χ2v) is 9.44. The molecule has 8 nitrogen and oxygen atoms in total. The Kier molecular flexibility index (Phi) is 6.81. The summed E-state index contributed by atoms with van der Waals surface area (Å²) in [7, 11) is 1.57. The van der Waals surface area contributed by atoms with Crippen LogP contribution in [0.2, 0.25) is 0 Å². The molecule has 0 N–H and O–H groups in total. The minimum absolute atomic E-state index is 0.200. The highest BCUT2D eigenvalue weighted by Crippen LogP contribution is 2.32. The van der Waals surface area contributed by atoms with Crippen molar-refractivity contribution in [1.29, 1.82) is 5.26 Å². The summed E-state index contributed by atoms with van der Waals surface area (Å²) in [6.07, 6.45) is 1.65. The van der Waals surface area contributed by atoms with Gasteiger partial charge in [0.1, 0.15) is 17.3 Å². The van der Waals surface area contributed by atoms with Gasteiger partial charge in [0.15, 0.2) is 4.80 Å². The fourth-order valence-corrected chi connectivity index (χ4v) is 5.42. The number of methoxy groups -OCH3 is 1. The number of fused-ring (bicyclic) bond motifs is 1. The number of benzene rings is 2. The third-order valence-electron chi connectivity index (χ3n) is 6.16. The van der Waals surface area contributed by atoms with Gasteiger partial charge >= 0.3 is 5.97 Å². The van der Waals surface area contributed by atoms with Crippen LogP contribution in [0, 0.1) is 11.3 Å². The van der Waals surface area contributed by atoms with E-state index in [0.717, 1.165) is 5.56 Å². The highest BCUT2D eigenvalue weighted by atomic mass is 32.1. The van der Waals surface area contributed by atoms with Crippen molar-refractivity contribution in [3.05, 3.63) is 109 Å². The molecule has 0 aliphatic carbocycles. The maximum Gasteiger partial charge on any atom is 0.338 e. The topological polar surface area (TPSA) is 107 Å². The van der Waals surface area contributed by atoms with Gasteiger partial charge in [-0.05, 0) is 55.8 Å². The second-order valence-electron chi connectivity index (χ2n) is 8.43.